The van der Waals surface area contributed by atoms with Crippen molar-refractivity contribution in [3.8, 4) is 16.9 Å². The van der Waals surface area contributed by atoms with Gasteiger partial charge in [-0.05, 0) is 69.4 Å². The molecule has 3 fully saturated rings. The molecular formula is C30H35FN2O4. The first-order valence-corrected chi connectivity index (χ1v) is 13.6. The second kappa shape index (κ2) is 10.1. The van der Waals surface area contributed by atoms with Crippen molar-refractivity contribution in [3.63, 3.8) is 0 Å². The fraction of sp³-hybridized carbons (Fsp3) is 0.500. The number of furan rings is 1. The van der Waals surface area contributed by atoms with E-state index >= 15 is 0 Å². The van der Waals surface area contributed by atoms with Crippen LogP contribution >= 0.6 is 0 Å². The van der Waals surface area contributed by atoms with Gasteiger partial charge in [-0.2, -0.15) is 0 Å². The number of halogens is 1. The van der Waals surface area contributed by atoms with Crippen molar-refractivity contribution < 1.29 is 23.1 Å². The minimum absolute atomic E-state index is 0.0536. The van der Waals surface area contributed by atoms with E-state index in [1.165, 1.54) is 31.4 Å². The Labute approximate surface area is 217 Å². The van der Waals surface area contributed by atoms with Crippen LogP contribution in [0.5, 0.6) is 5.75 Å². The second-order valence-electron chi connectivity index (χ2n) is 10.9. The molecule has 3 aromatic rings. The number of likely N-dealkylation sites (tertiary alicyclic amines) is 1. The van der Waals surface area contributed by atoms with Crippen LogP contribution in [0.15, 0.2) is 46.9 Å². The molecule has 1 aromatic heterocycles. The molecule has 196 valence electrons. The molecule has 3 heterocycles. The number of benzene rings is 2. The number of amides is 1. The summed E-state index contributed by atoms with van der Waals surface area (Å²) in [5.41, 5.74) is 2.03. The lowest BCUT2D eigenvalue weighted by atomic mass is 9.90. The normalized spacial score (nSPS) is 23.8. The summed E-state index contributed by atoms with van der Waals surface area (Å²) in [7, 11) is 0. The lowest BCUT2D eigenvalue weighted by molar-refractivity contribution is -0.0591. The van der Waals surface area contributed by atoms with E-state index in [1.807, 2.05) is 32.0 Å². The smallest absolute Gasteiger partial charge is 0.290 e. The Balaban J connectivity index is 1.28. The zero-order valence-electron chi connectivity index (χ0n) is 21.6. The van der Waals surface area contributed by atoms with E-state index in [4.69, 9.17) is 13.9 Å². The Morgan fingerprint density at radius 2 is 1.68 bits per heavy atom. The van der Waals surface area contributed by atoms with Crippen LogP contribution in [0, 0.1) is 5.82 Å². The summed E-state index contributed by atoms with van der Waals surface area (Å²) in [6.45, 7) is 7.10. The van der Waals surface area contributed by atoms with Gasteiger partial charge in [-0.3, -0.25) is 4.79 Å². The third-order valence-electron chi connectivity index (χ3n) is 8.07. The summed E-state index contributed by atoms with van der Waals surface area (Å²) < 4.78 is 32.2. The van der Waals surface area contributed by atoms with Gasteiger partial charge in [-0.15, -0.1) is 0 Å². The molecule has 0 unspecified atom stereocenters. The van der Waals surface area contributed by atoms with E-state index < -0.39 is 0 Å². The number of hydrogen-bond acceptors (Lipinski definition) is 5. The number of rotatable bonds is 5. The highest BCUT2D eigenvalue weighted by Crippen LogP contribution is 2.38. The van der Waals surface area contributed by atoms with Gasteiger partial charge >= 0.3 is 0 Å². The van der Waals surface area contributed by atoms with Crippen molar-refractivity contribution in [3.05, 3.63) is 54.0 Å². The largest absolute Gasteiger partial charge is 0.490 e. The van der Waals surface area contributed by atoms with Crippen LogP contribution in [0.2, 0.25) is 0 Å². The molecular weight excluding hydrogens is 471 g/mol. The Morgan fingerprint density at radius 1 is 0.973 bits per heavy atom. The fourth-order valence-electron chi connectivity index (χ4n) is 5.99. The Hall–Kier alpha value is -2.90. The van der Waals surface area contributed by atoms with Gasteiger partial charge in [0.15, 0.2) is 0 Å². The molecule has 1 saturated carbocycles. The summed E-state index contributed by atoms with van der Waals surface area (Å²) in [5, 5.41) is 0.816. The summed E-state index contributed by atoms with van der Waals surface area (Å²) in [4.78, 5) is 18.1. The lowest BCUT2D eigenvalue weighted by Crippen LogP contribution is -2.48. The number of carbonyl (C=O) groups excluding carboxylic acids is 1. The number of piperidine rings is 1. The highest BCUT2D eigenvalue weighted by Gasteiger charge is 2.32. The predicted octanol–water partition coefficient (Wildman–Crippen LogP) is 5.88. The minimum Gasteiger partial charge on any atom is -0.490 e. The number of ether oxygens (including phenoxy) is 2. The summed E-state index contributed by atoms with van der Waals surface area (Å²) in [6, 6.07) is 12.8. The van der Waals surface area contributed by atoms with Gasteiger partial charge < -0.3 is 23.7 Å². The first-order valence-electron chi connectivity index (χ1n) is 13.6. The predicted molar refractivity (Wildman–Crippen MR) is 140 cm³/mol. The van der Waals surface area contributed by atoms with Crippen LogP contribution in [0.1, 0.15) is 56.5 Å². The van der Waals surface area contributed by atoms with Crippen molar-refractivity contribution in [1.29, 1.82) is 0 Å². The van der Waals surface area contributed by atoms with E-state index in [0.717, 1.165) is 48.7 Å². The molecule has 7 heteroatoms. The summed E-state index contributed by atoms with van der Waals surface area (Å²) >= 11 is 0. The van der Waals surface area contributed by atoms with Gasteiger partial charge in [0.25, 0.3) is 5.91 Å². The molecule has 1 amide bonds. The quantitative estimate of drug-likeness (QED) is 0.432. The van der Waals surface area contributed by atoms with Gasteiger partial charge in [0.1, 0.15) is 23.3 Å². The van der Waals surface area contributed by atoms with Crippen LogP contribution in [0.3, 0.4) is 0 Å². The summed E-state index contributed by atoms with van der Waals surface area (Å²) in [6.07, 6.45) is 6.14. The molecule has 0 spiro atoms. The Morgan fingerprint density at radius 3 is 2.32 bits per heavy atom. The van der Waals surface area contributed by atoms with E-state index in [2.05, 4.69) is 4.90 Å². The Bertz CT molecular complexity index is 1250. The van der Waals surface area contributed by atoms with Gasteiger partial charge in [0.2, 0.25) is 5.76 Å². The van der Waals surface area contributed by atoms with Crippen molar-refractivity contribution in [2.75, 3.05) is 26.2 Å². The maximum Gasteiger partial charge on any atom is 0.290 e. The Kier molecular flexibility index (Phi) is 6.67. The fourth-order valence-corrected chi connectivity index (χ4v) is 5.99. The zero-order valence-corrected chi connectivity index (χ0v) is 21.6. The minimum atomic E-state index is -0.320. The lowest BCUT2D eigenvalue weighted by Gasteiger charge is -2.41. The molecule has 3 aliphatic rings. The highest BCUT2D eigenvalue weighted by molar-refractivity contribution is 6.08. The molecule has 0 N–H and O–H groups in total. The molecule has 2 saturated heterocycles. The van der Waals surface area contributed by atoms with Gasteiger partial charge in [-0.25, -0.2) is 4.39 Å². The maximum absolute atomic E-state index is 13.7. The van der Waals surface area contributed by atoms with Crippen LogP contribution in [0.25, 0.3) is 22.1 Å². The molecule has 2 aromatic carbocycles. The first kappa shape index (κ1) is 24.4. The van der Waals surface area contributed by atoms with Gasteiger partial charge in [0, 0.05) is 49.2 Å². The molecule has 2 atom stereocenters. The average Bonchev–Trinajstić information content (AvgIpc) is 3.22. The van der Waals surface area contributed by atoms with Crippen molar-refractivity contribution in [2.45, 2.75) is 70.3 Å². The van der Waals surface area contributed by atoms with E-state index in [9.17, 15) is 9.18 Å². The molecule has 2 aliphatic heterocycles. The summed E-state index contributed by atoms with van der Waals surface area (Å²) in [5.74, 6) is 0.526. The van der Waals surface area contributed by atoms with E-state index in [-0.39, 0.29) is 35.8 Å². The zero-order chi connectivity index (χ0) is 25.5. The number of carbonyl (C=O) groups is 1. The molecule has 37 heavy (non-hydrogen) atoms. The highest BCUT2D eigenvalue weighted by atomic mass is 19.1. The molecule has 6 nitrogen and oxygen atoms in total. The first-order chi connectivity index (χ1) is 17.9. The van der Waals surface area contributed by atoms with Gasteiger partial charge in [-0.1, -0.05) is 18.6 Å². The molecule has 0 bridgehead atoms. The van der Waals surface area contributed by atoms with E-state index in [1.54, 1.807) is 17.0 Å². The number of morpholine rings is 1. The van der Waals surface area contributed by atoms with Crippen LogP contribution in [-0.2, 0) is 4.74 Å². The standard InChI is InChI=1S/C30H35FN2O4/c1-19-17-33(18-20(2)35-19)30(34)29-28(21-6-8-22(31)9-7-21)26-11-10-25(16-27(26)37-29)36-24-12-14-32(15-13-24)23-4-3-5-23/h6-11,16,19-20,23-24H,3-5,12-15,17-18H2,1-2H3/t19-,20+. The van der Waals surface area contributed by atoms with Crippen LogP contribution in [0.4, 0.5) is 4.39 Å². The van der Waals surface area contributed by atoms with Crippen LogP contribution < -0.4 is 4.74 Å². The second-order valence-corrected chi connectivity index (χ2v) is 10.9. The number of fused-ring (bicyclic) bond motifs is 1. The third-order valence-corrected chi connectivity index (χ3v) is 8.07. The van der Waals surface area contributed by atoms with Crippen LogP contribution in [-0.4, -0.2) is 66.2 Å². The van der Waals surface area contributed by atoms with E-state index in [0.29, 0.717) is 24.2 Å². The number of nitrogens with zero attached hydrogens (tertiary/aromatic N) is 2. The van der Waals surface area contributed by atoms with Gasteiger partial charge in [0.05, 0.1) is 12.2 Å². The molecule has 1 aliphatic carbocycles. The molecule has 0 radical (unpaired) electrons. The van der Waals surface area contributed by atoms with Crippen molar-refractivity contribution >= 4 is 16.9 Å². The van der Waals surface area contributed by atoms with Crippen molar-refractivity contribution in [2.24, 2.45) is 0 Å². The topological polar surface area (TPSA) is 55.2 Å². The van der Waals surface area contributed by atoms with Crippen molar-refractivity contribution in [1.82, 2.24) is 9.80 Å². The third kappa shape index (κ3) is 4.99. The average molecular weight is 507 g/mol. The monoisotopic (exact) mass is 506 g/mol. The maximum atomic E-state index is 13.7. The number of hydrogen-bond donors (Lipinski definition) is 0. The molecule has 6 rings (SSSR count). The SMILES string of the molecule is C[C@@H]1CN(C(=O)c2oc3cc(OC4CCN(C5CCC5)CC4)ccc3c2-c2ccc(F)cc2)C[C@H](C)O1.